The quantitative estimate of drug-likeness (QED) is 0.688. The van der Waals surface area contributed by atoms with E-state index in [0.29, 0.717) is 18.0 Å². The molecule has 0 spiro atoms. The summed E-state index contributed by atoms with van der Waals surface area (Å²) in [5, 5.41) is 6.59. The Bertz CT molecular complexity index is 578. The number of fused-ring (bicyclic) bond motifs is 1. The molecule has 1 aromatic heterocycles. The second-order valence-electron chi connectivity index (χ2n) is 5.28. The van der Waals surface area contributed by atoms with E-state index in [2.05, 4.69) is 14.9 Å². The normalized spacial score (nSPS) is 34.1. The van der Waals surface area contributed by atoms with Crippen LogP contribution in [0.15, 0.2) is 4.90 Å². The number of aromatic nitrogens is 2. The van der Waals surface area contributed by atoms with Gasteiger partial charge in [0, 0.05) is 18.6 Å². The van der Waals surface area contributed by atoms with Crippen molar-refractivity contribution in [3.63, 3.8) is 0 Å². The van der Waals surface area contributed by atoms with Gasteiger partial charge >= 0.3 is 0 Å². The van der Waals surface area contributed by atoms with Gasteiger partial charge in [-0.05, 0) is 20.3 Å². The van der Waals surface area contributed by atoms with Crippen LogP contribution in [-0.4, -0.2) is 43.4 Å². The Labute approximate surface area is 112 Å². The average Bonchev–Trinajstić information content (AvgIpc) is 2.91. The van der Waals surface area contributed by atoms with Gasteiger partial charge in [0.1, 0.15) is 4.90 Å². The van der Waals surface area contributed by atoms with Crippen molar-refractivity contribution in [2.24, 2.45) is 11.7 Å². The number of sulfonamides is 1. The van der Waals surface area contributed by atoms with Crippen LogP contribution >= 0.6 is 0 Å². The van der Waals surface area contributed by atoms with Crippen LogP contribution in [0.1, 0.15) is 17.8 Å². The second kappa shape index (κ2) is 4.27. The van der Waals surface area contributed by atoms with Gasteiger partial charge in [0.2, 0.25) is 10.0 Å². The fourth-order valence-electron chi connectivity index (χ4n) is 3.07. The zero-order valence-electron chi connectivity index (χ0n) is 10.9. The highest BCUT2D eigenvalue weighted by molar-refractivity contribution is 7.89. The van der Waals surface area contributed by atoms with E-state index in [0.717, 1.165) is 6.42 Å². The lowest BCUT2D eigenvalue weighted by Crippen LogP contribution is -2.68. The Morgan fingerprint density at radius 2 is 2.21 bits per heavy atom. The molecule has 8 heteroatoms. The van der Waals surface area contributed by atoms with Crippen LogP contribution in [0.3, 0.4) is 0 Å². The highest BCUT2D eigenvalue weighted by Gasteiger charge is 2.53. The molecule has 1 aliphatic carbocycles. The third kappa shape index (κ3) is 1.90. The summed E-state index contributed by atoms with van der Waals surface area (Å²) in [6.07, 6.45) is 0.825. The number of nitrogens with two attached hydrogens (primary N) is 1. The highest BCUT2D eigenvalue weighted by atomic mass is 32.2. The van der Waals surface area contributed by atoms with Crippen molar-refractivity contribution in [2.45, 2.75) is 43.4 Å². The minimum atomic E-state index is -3.61. The standard InChI is InChI=1S/C11H18N4O3S/c1-5-11(6(2)14-13-5)19(16,17)15-9-8(12)7-3-4-18-10(7)9/h7-10,15H,3-4,12H2,1-2H3,(H,13,14). The van der Waals surface area contributed by atoms with E-state index in [1.54, 1.807) is 13.8 Å². The van der Waals surface area contributed by atoms with Crippen molar-refractivity contribution >= 4 is 10.0 Å². The maximum absolute atomic E-state index is 12.4. The zero-order chi connectivity index (χ0) is 13.8. The Hall–Kier alpha value is -0.960. The van der Waals surface area contributed by atoms with E-state index in [9.17, 15) is 8.42 Å². The third-order valence-corrected chi connectivity index (χ3v) is 5.79. The Kier molecular flexibility index (Phi) is 2.93. The number of nitrogens with zero attached hydrogens (tertiary/aromatic N) is 1. The third-order valence-electron chi connectivity index (χ3n) is 4.07. The molecular weight excluding hydrogens is 268 g/mol. The molecule has 0 aromatic carbocycles. The summed E-state index contributed by atoms with van der Waals surface area (Å²) in [6.45, 7) is 4.00. The number of hydrogen-bond acceptors (Lipinski definition) is 5. The number of nitrogens with one attached hydrogen (secondary N) is 2. The van der Waals surface area contributed by atoms with Crippen LogP contribution in [0, 0.1) is 19.8 Å². The van der Waals surface area contributed by atoms with Crippen molar-refractivity contribution in [1.82, 2.24) is 14.9 Å². The molecule has 4 atom stereocenters. The molecule has 2 fully saturated rings. The van der Waals surface area contributed by atoms with E-state index in [1.165, 1.54) is 0 Å². The Balaban J connectivity index is 1.83. The Morgan fingerprint density at radius 3 is 2.84 bits per heavy atom. The SMILES string of the molecule is Cc1n[nH]c(C)c1S(=O)(=O)NC1C(N)C2CCOC21. The predicted octanol–water partition coefficient (Wildman–Crippen LogP) is -0.581. The van der Waals surface area contributed by atoms with Crippen LogP contribution in [0.25, 0.3) is 0 Å². The predicted molar refractivity (Wildman–Crippen MR) is 68.0 cm³/mol. The van der Waals surface area contributed by atoms with Gasteiger partial charge in [-0.1, -0.05) is 0 Å². The molecule has 4 N–H and O–H groups in total. The molecule has 2 heterocycles. The van der Waals surface area contributed by atoms with Crippen LogP contribution in [-0.2, 0) is 14.8 Å². The molecule has 4 unspecified atom stereocenters. The summed E-state index contributed by atoms with van der Waals surface area (Å²) in [6, 6.07) is -0.513. The van der Waals surface area contributed by atoms with Gasteiger partial charge in [-0.25, -0.2) is 13.1 Å². The van der Waals surface area contributed by atoms with E-state index < -0.39 is 10.0 Å². The number of rotatable bonds is 3. The summed E-state index contributed by atoms with van der Waals surface area (Å²) < 4.78 is 33.0. The number of aromatic amines is 1. The molecule has 3 rings (SSSR count). The molecule has 0 bridgehead atoms. The van der Waals surface area contributed by atoms with Gasteiger partial charge in [-0.3, -0.25) is 5.10 Å². The van der Waals surface area contributed by atoms with Gasteiger partial charge in [0.15, 0.2) is 0 Å². The largest absolute Gasteiger partial charge is 0.376 e. The van der Waals surface area contributed by atoms with Crippen LogP contribution in [0.5, 0.6) is 0 Å². The molecule has 1 aliphatic heterocycles. The first-order chi connectivity index (χ1) is 8.92. The molecule has 1 saturated heterocycles. The molecule has 2 aliphatic rings. The van der Waals surface area contributed by atoms with E-state index in [-0.39, 0.29) is 29.0 Å². The molecule has 0 radical (unpaired) electrons. The van der Waals surface area contributed by atoms with Crippen molar-refractivity contribution in [3.8, 4) is 0 Å². The monoisotopic (exact) mass is 286 g/mol. The smallest absolute Gasteiger partial charge is 0.244 e. The zero-order valence-corrected chi connectivity index (χ0v) is 11.7. The lowest BCUT2D eigenvalue weighted by atomic mass is 9.73. The molecule has 19 heavy (non-hydrogen) atoms. The average molecular weight is 286 g/mol. The molecule has 1 saturated carbocycles. The van der Waals surface area contributed by atoms with Gasteiger partial charge in [0.05, 0.1) is 23.5 Å². The first-order valence-electron chi connectivity index (χ1n) is 6.33. The van der Waals surface area contributed by atoms with Gasteiger partial charge in [-0.2, -0.15) is 5.10 Å². The number of ether oxygens (including phenoxy) is 1. The number of hydrogen-bond donors (Lipinski definition) is 3. The van der Waals surface area contributed by atoms with Crippen molar-refractivity contribution in [1.29, 1.82) is 0 Å². The van der Waals surface area contributed by atoms with Crippen LogP contribution < -0.4 is 10.5 Å². The minimum absolute atomic E-state index is 0.0858. The molecule has 7 nitrogen and oxygen atoms in total. The van der Waals surface area contributed by atoms with Crippen LogP contribution in [0.4, 0.5) is 0 Å². The molecular formula is C11H18N4O3S. The van der Waals surface area contributed by atoms with Crippen molar-refractivity contribution in [3.05, 3.63) is 11.4 Å². The van der Waals surface area contributed by atoms with Gasteiger partial charge in [-0.15, -0.1) is 0 Å². The second-order valence-corrected chi connectivity index (χ2v) is 6.93. The summed E-state index contributed by atoms with van der Waals surface area (Å²) >= 11 is 0. The van der Waals surface area contributed by atoms with Gasteiger partial charge in [0.25, 0.3) is 0 Å². The highest BCUT2D eigenvalue weighted by Crippen LogP contribution is 2.38. The maximum atomic E-state index is 12.4. The van der Waals surface area contributed by atoms with Crippen LogP contribution in [0.2, 0.25) is 0 Å². The minimum Gasteiger partial charge on any atom is -0.376 e. The topological polar surface area (TPSA) is 110 Å². The lowest BCUT2D eigenvalue weighted by Gasteiger charge is -2.45. The molecule has 0 amide bonds. The van der Waals surface area contributed by atoms with E-state index in [1.807, 2.05) is 0 Å². The summed E-state index contributed by atoms with van der Waals surface area (Å²) in [5.41, 5.74) is 7.00. The fourth-order valence-corrected chi connectivity index (χ4v) is 4.72. The summed E-state index contributed by atoms with van der Waals surface area (Å²) in [4.78, 5) is 0.209. The maximum Gasteiger partial charge on any atom is 0.244 e. The number of aryl methyl sites for hydroxylation is 2. The van der Waals surface area contributed by atoms with Crippen molar-refractivity contribution in [2.75, 3.05) is 6.61 Å². The molecule has 1 aromatic rings. The Morgan fingerprint density at radius 1 is 1.47 bits per heavy atom. The van der Waals surface area contributed by atoms with Crippen molar-refractivity contribution < 1.29 is 13.2 Å². The first-order valence-corrected chi connectivity index (χ1v) is 7.81. The lowest BCUT2D eigenvalue weighted by molar-refractivity contribution is -0.00924. The summed E-state index contributed by atoms with van der Waals surface area (Å²) in [5.74, 6) is 0.277. The summed E-state index contributed by atoms with van der Waals surface area (Å²) in [7, 11) is -3.61. The number of H-pyrrole nitrogens is 1. The van der Waals surface area contributed by atoms with E-state index in [4.69, 9.17) is 10.5 Å². The van der Waals surface area contributed by atoms with E-state index >= 15 is 0 Å². The van der Waals surface area contributed by atoms with Gasteiger partial charge < -0.3 is 10.5 Å². The fraction of sp³-hybridized carbons (Fsp3) is 0.727. The first kappa shape index (κ1) is 13.0. The molecule has 106 valence electrons.